The van der Waals surface area contributed by atoms with Gasteiger partial charge in [-0.15, -0.1) is 0 Å². The van der Waals surface area contributed by atoms with E-state index in [4.69, 9.17) is 4.52 Å². The van der Waals surface area contributed by atoms with Crippen LogP contribution in [0.5, 0.6) is 0 Å². The van der Waals surface area contributed by atoms with Gasteiger partial charge in [0.15, 0.2) is 0 Å². The van der Waals surface area contributed by atoms with Crippen molar-refractivity contribution in [2.75, 3.05) is 0 Å². The summed E-state index contributed by atoms with van der Waals surface area (Å²) in [6.07, 6.45) is 1.88. The standard InChI is InChI=1S/C17H21FN2O2/c1-11(4-5-14-6-8-15(18)9-7-14)19-17(21)10-16-12(2)20-22-13(16)3/h6-9,11H,4-5,10H2,1-3H3,(H,19,21). The van der Waals surface area contributed by atoms with Gasteiger partial charge in [0.2, 0.25) is 5.91 Å². The fraction of sp³-hybridized carbons (Fsp3) is 0.412. The molecule has 1 N–H and O–H groups in total. The molecule has 0 aliphatic rings. The first-order chi connectivity index (χ1) is 10.5. The number of aromatic nitrogens is 1. The van der Waals surface area contributed by atoms with Crippen LogP contribution in [0.1, 0.15) is 35.9 Å². The molecular weight excluding hydrogens is 283 g/mol. The van der Waals surface area contributed by atoms with Gasteiger partial charge in [-0.05, 0) is 51.3 Å². The van der Waals surface area contributed by atoms with Gasteiger partial charge in [-0.1, -0.05) is 17.3 Å². The maximum Gasteiger partial charge on any atom is 0.224 e. The Hall–Kier alpha value is -2.17. The summed E-state index contributed by atoms with van der Waals surface area (Å²) in [5.74, 6) is 0.414. The van der Waals surface area contributed by atoms with E-state index in [1.54, 1.807) is 19.1 Å². The summed E-state index contributed by atoms with van der Waals surface area (Å²) in [4.78, 5) is 12.1. The van der Waals surface area contributed by atoms with Gasteiger partial charge in [0.25, 0.3) is 0 Å². The third-order valence-electron chi connectivity index (χ3n) is 3.71. The molecule has 1 atom stereocenters. The summed E-state index contributed by atoms with van der Waals surface area (Å²) in [6.45, 7) is 5.60. The highest BCUT2D eigenvalue weighted by Crippen LogP contribution is 2.13. The Bertz CT molecular complexity index is 615. The molecule has 0 radical (unpaired) electrons. The number of hydrogen-bond acceptors (Lipinski definition) is 3. The number of carbonyl (C=O) groups excluding carboxylic acids is 1. The predicted octanol–water partition coefficient (Wildman–Crippen LogP) is 3.11. The van der Waals surface area contributed by atoms with Gasteiger partial charge in [-0.3, -0.25) is 4.79 Å². The molecule has 22 heavy (non-hydrogen) atoms. The van der Waals surface area contributed by atoms with Gasteiger partial charge in [0, 0.05) is 11.6 Å². The highest BCUT2D eigenvalue weighted by Gasteiger charge is 2.14. The summed E-state index contributed by atoms with van der Waals surface area (Å²) in [5, 5.41) is 6.82. The van der Waals surface area contributed by atoms with Crippen molar-refractivity contribution in [2.24, 2.45) is 0 Å². The maximum absolute atomic E-state index is 12.8. The number of rotatable bonds is 6. The van der Waals surface area contributed by atoms with Crippen LogP contribution in [-0.4, -0.2) is 17.1 Å². The summed E-state index contributed by atoms with van der Waals surface area (Å²) in [7, 11) is 0. The predicted molar refractivity (Wildman–Crippen MR) is 82.0 cm³/mol. The molecule has 0 aliphatic carbocycles. The topological polar surface area (TPSA) is 55.1 Å². The molecule has 0 saturated heterocycles. The van der Waals surface area contributed by atoms with Gasteiger partial charge in [-0.25, -0.2) is 4.39 Å². The Morgan fingerprint density at radius 1 is 1.32 bits per heavy atom. The molecule has 0 bridgehead atoms. The minimum atomic E-state index is -0.232. The Labute approximate surface area is 129 Å². The fourth-order valence-electron chi connectivity index (χ4n) is 2.35. The van der Waals surface area contributed by atoms with E-state index in [1.807, 2.05) is 13.8 Å². The molecule has 0 spiro atoms. The quantitative estimate of drug-likeness (QED) is 0.892. The lowest BCUT2D eigenvalue weighted by molar-refractivity contribution is -0.121. The molecule has 2 rings (SSSR count). The van der Waals surface area contributed by atoms with Crippen molar-refractivity contribution in [1.82, 2.24) is 10.5 Å². The van der Waals surface area contributed by atoms with Crippen LogP contribution in [0.2, 0.25) is 0 Å². The van der Waals surface area contributed by atoms with Crippen LogP contribution in [0, 0.1) is 19.7 Å². The molecule has 0 saturated carbocycles. The molecule has 118 valence electrons. The van der Waals surface area contributed by atoms with E-state index in [1.165, 1.54) is 12.1 Å². The van der Waals surface area contributed by atoms with Crippen molar-refractivity contribution in [3.05, 3.63) is 52.7 Å². The summed E-state index contributed by atoms with van der Waals surface area (Å²) < 4.78 is 17.9. The lowest BCUT2D eigenvalue weighted by Crippen LogP contribution is -2.34. The van der Waals surface area contributed by atoms with Crippen molar-refractivity contribution in [1.29, 1.82) is 0 Å². The van der Waals surface area contributed by atoms with Gasteiger partial charge in [0.1, 0.15) is 11.6 Å². The average molecular weight is 304 g/mol. The Morgan fingerprint density at radius 2 is 2.00 bits per heavy atom. The van der Waals surface area contributed by atoms with E-state index < -0.39 is 0 Å². The number of amides is 1. The highest BCUT2D eigenvalue weighted by atomic mass is 19.1. The van der Waals surface area contributed by atoms with Crippen molar-refractivity contribution >= 4 is 5.91 Å². The summed E-state index contributed by atoms with van der Waals surface area (Å²) in [5.41, 5.74) is 2.67. The molecular formula is C17H21FN2O2. The minimum Gasteiger partial charge on any atom is -0.361 e. The van der Waals surface area contributed by atoms with Crippen molar-refractivity contribution < 1.29 is 13.7 Å². The molecule has 1 aromatic carbocycles. The third-order valence-corrected chi connectivity index (χ3v) is 3.71. The summed E-state index contributed by atoms with van der Waals surface area (Å²) in [6, 6.07) is 6.51. The van der Waals surface area contributed by atoms with Crippen LogP contribution < -0.4 is 5.32 Å². The van der Waals surface area contributed by atoms with Crippen LogP contribution in [0.4, 0.5) is 4.39 Å². The number of hydrogen-bond donors (Lipinski definition) is 1. The molecule has 0 aliphatic heterocycles. The first kappa shape index (κ1) is 16.2. The number of benzene rings is 1. The van der Waals surface area contributed by atoms with Gasteiger partial charge >= 0.3 is 0 Å². The van der Waals surface area contributed by atoms with Crippen LogP contribution in [0.15, 0.2) is 28.8 Å². The molecule has 1 unspecified atom stereocenters. The number of aryl methyl sites for hydroxylation is 3. The Morgan fingerprint density at radius 3 is 2.59 bits per heavy atom. The monoisotopic (exact) mass is 304 g/mol. The maximum atomic E-state index is 12.8. The van der Waals surface area contributed by atoms with E-state index in [2.05, 4.69) is 10.5 Å². The smallest absolute Gasteiger partial charge is 0.224 e. The van der Waals surface area contributed by atoms with E-state index in [0.29, 0.717) is 5.76 Å². The molecule has 1 amide bonds. The van der Waals surface area contributed by atoms with Gasteiger partial charge in [0.05, 0.1) is 12.1 Å². The van der Waals surface area contributed by atoms with Crippen molar-refractivity contribution in [2.45, 2.75) is 46.1 Å². The van der Waals surface area contributed by atoms with Crippen molar-refractivity contribution in [3.8, 4) is 0 Å². The van der Waals surface area contributed by atoms with Gasteiger partial charge in [-0.2, -0.15) is 0 Å². The van der Waals surface area contributed by atoms with Crippen LogP contribution >= 0.6 is 0 Å². The molecule has 1 aromatic heterocycles. The summed E-state index contributed by atoms with van der Waals surface area (Å²) >= 11 is 0. The lowest BCUT2D eigenvalue weighted by Gasteiger charge is -2.14. The number of nitrogens with zero attached hydrogens (tertiary/aromatic N) is 1. The average Bonchev–Trinajstić information content (AvgIpc) is 2.78. The molecule has 2 aromatic rings. The first-order valence-electron chi connectivity index (χ1n) is 7.41. The second-order valence-corrected chi connectivity index (χ2v) is 5.61. The van der Waals surface area contributed by atoms with E-state index in [9.17, 15) is 9.18 Å². The zero-order valence-electron chi connectivity index (χ0n) is 13.1. The zero-order chi connectivity index (χ0) is 16.1. The van der Waals surface area contributed by atoms with Crippen LogP contribution in [-0.2, 0) is 17.6 Å². The first-order valence-corrected chi connectivity index (χ1v) is 7.41. The number of nitrogens with one attached hydrogen (secondary N) is 1. The SMILES string of the molecule is Cc1noc(C)c1CC(=O)NC(C)CCc1ccc(F)cc1. The van der Waals surface area contributed by atoms with Crippen molar-refractivity contribution in [3.63, 3.8) is 0 Å². The van der Waals surface area contributed by atoms with E-state index in [-0.39, 0.29) is 24.2 Å². The van der Waals surface area contributed by atoms with Crippen LogP contribution in [0.3, 0.4) is 0 Å². The Balaban J connectivity index is 1.80. The Kier molecular flexibility index (Phi) is 5.31. The third kappa shape index (κ3) is 4.41. The number of halogens is 1. The fourth-order valence-corrected chi connectivity index (χ4v) is 2.35. The zero-order valence-corrected chi connectivity index (χ0v) is 13.1. The molecule has 5 heteroatoms. The largest absolute Gasteiger partial charge is 0.361 e. The van der Waals surface area contributed by atoms with E-state index in [0.717, 1.165) is 29.7 Å². The normalized spacial score (nSPS) is 12.2. The number of carbonyl (C=O) groups is 1. The second-order valence-electron chi connectivity index (χ2n) is 5.61. The molecule has 4 nitrogen and oxygen atoms in total. The molecule has 0 fully saturated rings. The van der Waals surface area contributed by atoms with Crippen LogP contribution in [0.25, 0.3) is 0 Å². The highest BCUT2D eigenvalue weighted by molar-refractivity contribution is 5.79. The van der Waals surface area contributed by atoms with Gasteiger partial charge < -0.3 is 9.84 Å². The lowest BCUT2D eigenvalue weighted by atomic mass is 10.1. The molecule has 1 heterocycles. The minimum absolute atomic E-state index is 0.0407. The second kappa shape index (κ2) is 7.20. The van der Waals surface area contributed by atoms with E-state index >= 15 is 0 Å².